The van der Waals surface area contributed by atoms with E-state index in [1.165, 1.54) is 16.6 Å². The molecule has 0 unspecified atom stereocenters. The number of nitrogens with zero attached hydrogens (tertiary/aromatic N) is 2. The second-order valence-electron chi connectivity index (χ2n) is 7.50. The standard InChI is InChI=1S/C23H24N2O2/c1-17-6-8-18(9-7-17)21-16-22(19-4-2-3-5-20(19)24-21)25-12-10-23(11-13-25)26-14-15-27-23/h2-9,16H,10-15H2,1H3. The van der Waals surface area contributed by atoms with Gasteiger partial charge >= 0.3 is 0 Å². The molecule has 0 N–H and O–H groups in total. The maximum atomic E-state index is 5.90. The van der Waals surface area contributed by atoms with Crippen LogP contribution in [-0.2, 0) is 9.47 Å². The van der Waals surface area contributed by atoms with Crippen LogP contribution in [0.1, 0.15) is 18.4 Å². The number of rotatable bonds is 2. The summed E-state index contributed by atoms with van der Waals surface area (Å²) in [5.41, 5.74) is 5.74. The minimum Gasteiger partial charge on any atom is -0.371 e. The van der Waals surface area contributed by atoms with Crippen LogP contribution in [0.4, 0.5) is 5.69 Å². The fourth-order valence-electron chi connectivity index (χ4n) is 4.16. The zero-order chi connectivity index (χ0) is 18.3. The first-order valence-corrected chi connectivity index (χ1v) is 9.72. The van der Waals surface area contributed by atoms with Crippen LogP contribution in [-0.4, -0.2) is 37.1 Å². The van der Waals surface area contributed by atoms with Gasteiger partial charge in [0.05, 0.1) is 24.4 Å². The molecule has 2 aliphatic rings. The van der Waals surface area contributed by atoms with Crippen molar-refractivity contribution in [2.45, 2.75) is 25.6 Å². The smallest absolute Gasteiger partial charge is 0.171 e. The number of hydrogen-bond donors (Lipinski definition) is 0. The highest BCUT2D eigenvalue weighted by molar-refractivity contribution is 5.94. The van der Waals surface area contributed by atoms with Gasteiger partial charge in [-0.25, -0.2) is 4.98 Å². The van der Waals surface area contributed by atoms with E-state index in [4.69, 9.17) is 14.5 Å². The topological polar surface area (TPSA) is 34.6 Å². The van der Waals surface area contributed by atoms with E-state index in [2.05, 4.69) is 66.4 Å². The number of aromatic nitrogens is 1. The molecule has 0 radical (unpaired) electrons. The number of fused-ring (bicyclic) bond motifs is 1. The minimum absolute atomic E-state index is 0.348. The molecule has 4 nitrogen and oxygen atoms in total. The molecule has 138 valence electrons. The molecule has 4 heteroatoms. The summed E-state index contributed by atoms with van der Waals surface area (Å²) < 4.78 is 11.8. The third kappa shape index (κ3) is 3.09. The van der Waals surface area contributed by atoms with Gasteiger partial charge in [0, 0.05) is 42.6 Å². The lowest BCUT2D eigenvalue weighted by atomic mass is 10.0. The van der Waals surface area contributed by atoms with Crippen molar-refractivity contribution in [2.24, 2.45) is 0 Å². The first-order chi connectivity index (χ1) is 13.2. The molecule has 5 rings (SSSR count). The Bertz CT molecular complexity index is 952. The SMILES string of the molecule is Cc1ccc(-c2cc(N3CCC4(CC3)OCCO4)c3ccccc3n2)cc1. The fourth-order valence-corrected chi connectivity index (χ4v) is 4.16. The number of hydrogen-bond acceptors (Lipinski definition) is 4. The minimum atomic E-state index is -0.348. The predicted molar refractivity (Wildman–Crippen MR) is 108 cm³/mol. The Morgan fingerprint density at radius 2 is 1.63 bits per heavy atom. The molecule has 2 aromatic carbocycles. The Labute approximate surface area is 159 Å². The van der Waals surface area contributed by atoms with E-state index in [1.807, 2.05) is 0 Å². The summed E-state index contributed by atoms with van der Waals surface area (Å²) in [5, 5.41) is 1.21. The number of para-hydroxylation sites is 1. The molecule has 27 heavy (non-hydrogen) atoms. The van der Waals surface area contributed by atoms with Gasteiger partial charge in [-0.2, -0.15) is 0 Å². The largest absolute Gasteiger partial charge is 0.371 e. The molecular formula is C23H24N2O2. The molecule has 0 atom stereocenters. The molecule has 2 saturated heterocycles. The van der Waals surface area contributed by atoms with Crippen LogP contribution in [0.15, 0.2) is 54.6 Å². The van der Waals surface area contributed by atoms with Crippen LogP contribution in [0.2, 0.25) is 0 Å². The van der Waals surface area contributed by atoms with E-state index in [-0.39, 0.29) is 5.79 Å². The van der Waals surface area contributed by atoms with Crippen molar-refractivity contribution in [3.8, 4) is 11.3 Å². The summed E-state index contributed by atoms with van der Waals surface area (Å²) in [5.74, 6) is -0.348. The van der Waals surface area contributed by atoms with Gasteiger partial charge < -0.3 is 14.4 Å². The predicted octanol–water partition coefficient (Wildman–Crippen LogP) is 4.55. The molecule has 0 bridgehead atoms. The van der Waals surface area contributed by atoms with E-state index in [1.54, 1.807) is 0 Å². The van der Waals surface area contributed by atoms with Gasteiger partial charge in [0.15, 0.2) is 5.79 Å². The first-order valence-electron chi connectivity index (χ1n) is 9.72. The van der Waals surface area contributed by atoms with E-state index in [0.29, 0.717) is 0 Å². The van der Waals surface area contributed by atoms with Crippen molar-refractivity contribution in [1.82, 2.24) is 4.98 Å². The Kier molecular flexibility index (Phi) is 4.10. The summed E-state index contributed by atoms with van der Waals surface area (Å²) in [7, 11) is 0. The van der Waals surface area contributed by atoms with Crippen molar-refractivity contribution in [1.29, 1.82) is 0 Å². The van der Waals surface area contributed by atoms with Crippen molar-refractivity contribution in [3.63, 3.8) is 0 Å². The number of aryl methyl sites for hydroxylation is 1. The Balaban J connectivity index is 1.53. The van der Waals surface area contributed by atoms with E-state index in [9.17, 15) is 0 Å². The van der Waals surface area contributed by atoms with Crippen LogP contribution < -0.4 is 4.90 Å². The number of pyridine rings is 1. The zero-order valence-corrected chi connectivity index (χ0v) is 15.6. The highest BCUT2D eigenvalue weighted by atomic mass is 16.7. The average Bonchev–Trinajstić information content (AvgIpc) is 3.16. The monoisotopic (exact) mass is 360 g/mol. The van der Waals surface area contributed by atoms with Crippen LogP contribution in [0.3, 0.4) is 0 Å². The van der Waals surface area contributed by atoms with Gasteiger partial charge in [-0.05, 0) is 19.1 Å². The van der Waals surface area contributed by atoms with Gasteiger partial charge in [-0.1, -0.05) is 48.0 Å². The molecule has 1 spiro atoms. The summed E-state index contributed by atoms with van der Waals surface area (Å²) in [6, 6.07) is 19.3. The molecule has 3 aromatic rings. The van der Waals surface area contributed by atoms with Crippen LogP contribution in [0, 0.1) is 6.92 Å². The Hall–Kier alpha value is -2.43. The van der Waals surface area contributed by atoms with Crippen LogP contribution in [0.5, 0.6) is 0 Å². The van der Waals surface area contributed by atoms with Crippen molar-refractivity contribution in [3.05, 3.63) is 60.2 Å². The maximum Gasteiger partial charge on any atom is 0.171 e. The molecule has 0 aliphatic carbocycles. The van der Waals surface area contributed by atoms with Gasteiger partial charge in [0.1, 0.15) is 0 Å². The summed E-state index contributed by atoms with van der Waals surface area (Å²) in [4.78, 5) is 7.38. The zero-order valence-electron chi connectivity index (χ0n) is 15.6. The molecule has 2 fully saturated rings. The second-order valence-corrected chi connectivity index (χ2v) is 7.50. The summed E-state index contributed by atoms with van der Waals surface area (Å²) in [6.45, 7) is 5.41. The van der Waals surface area contributed by atoms with Crippen molar-refractivity contribution in [2.75, 3.05) is 31.2 Å². The average molecular weight is 360 g/mol. The van der Waals surface area contributed by atoms with Crippen molar-refractivity contribution < 1.29 is 9.47 Å². The first kappa shape index (κ1) is 16.7. The van der Waals surface area contributed by atoms with E-state index in [0.717, 1.165) is 55.9 Å². The number of ether oxygens (including phenoxy) is 2. The van der Waals surface area contributed by atoms with Crippen molar-refractivity contribution >= 4 is 16.6 Å². The normalized spacial score (nSPS) is 19.1. The highest BCUT2D eigenvalue weighted by Gasteiger charge is 2.40. The number of benzene rings is 2. The molecule has 2 aliphatic heterocycles. The summed E-state index contributed by atoms with van der Waals surface area (Å²) >= 11 is 0. The second kappa shape index (κ2) is 6.63. The summed E-state index contributed by atoms with van der Waals surface area (Å²) in [6.07, 6.45) is 1.81. The third-order valence-corrected chi connectivity index (χ3v) is 5.72. The van der Waals surface area contributed by atoms with Gasteiger partial charge in [-0.3, -0.25) is 0 Å². The molecule has 0 amide bonds. The van der Waals surface area contributed by atoms with E-state index >= 15 is 0 Å². The quantitative estimate of drug-likeness (QED) is 0.671. The lowest BCUT2D eigenvalue weighted by molar-refractivity contribution is -0.169. The van der Waals surface area contributed by atoms with E-state index < -0.39 is 0 Å². The number of anilines is 1. The Morgan fingerprint density at radius 3 is 2.37 bits per heavy atom. The fraction of sp³-hybridized carbons (Fsp3) is 0.348. The lowest BCUT2D eigenvalue weighted by Crippen LogP contribution is -2.45. The highest BCUT2D eigenvalue weighted by Crippen LogP contribution is 2.37. The third-order valence-electron chi connectivity index (χ3n) is 5.72. The molecule has 0 saturated carbocycles. The molecular weight excluding hydrogens is 336 g/mol. The lowest BCUT2D eigenvalue weighted by Gasteiger charge is -2.39. The van der Waals surface area contributed by atoms with Gasteiger partial charge in [0.2, 0.25) is 0 Å². The van der Waals surface area contributed by atoms with Gasteiger partial charge in [-0.15, -0.1) is 0 Å². The van der Waals surface area contributed by atoms with Crippen LogP contribution >= 0.6 is 0 Å². The Morgan fingerprint density at radius 1 is 0.926 bits per heavy atom. The number of piperidine rings is 1. The van der Waals surface area contributed by atoms with Gasteiger partial charge in [0.25, 0.3) is 0 Å². The molecule has 3 heterocycles. The molecule has 1 aromatic heterocycles. The van der Waals surface area contributed by atoms with Crippen LogP contribution in [0.25, 0.3) is 22.2 Å². The maximum absolute atomic E-state index is 5.90.